The molecule has 0 N–H and O–H groups in total. The Morgan fingerprint density at radius 3 is 2.79 bits per heavy atom. The molecule has 0 saturated carbocycles. The zero-order chi connectivity index (χ0) is 13.5. The van der Waals surface area contributed by atoms with Crippen LogP contribution in [0.2, 0.25) is 0 Å². The van der Waals surface area contributed by atoms with E-state index in [1.807, 2.05) is 30.3 Å². The summed E-state index contributed by atoms with van der Waals surface area (Å²) in [6, 6.07) is 9.52. The quantitative estimate of drug-likeness (QED) is 0.758. The first kappa shape index (κ1) is 12.1. The molecule has 98 valence electrons. The van der Waals surface area contributed by atoms with Crippen LogP contribution < -0.4 is 0 Å². The second kappa shape index (κ2) is 4.31. The molecule has 0 aromatic heterocycles. The Bertz CT molecular complexity index is 561. The van der Waals surface area contributed by atoms with Gasteiger partial charge in [0, 0.05) is 6.42 Å². The van der Waals surface area contributed by atoms with Crippen LogP contribution >= 0.6 is 0 Å². The third kappa shape index (κ3) is 1.71. The number of Topliss-reactive ketones (excluding diaryl/α,β-unsaturated/α-hetero) is 1. The summed E-state index contributed by atoms with van der Waals surface area (Å²) in [7, 11) is 1.34. The summed E-state index contributed by atoms with van der Waals surface area (Å²) in [5.74, 6) is -0.411. The van der Waals surface area contributed by atoms with E-state index < -0.39 is 17.7 Å². The van der Waals surface area contributed by atoms with Gasteiger partial charge in [-0.25, -0.2) is 4.79 Å². The first-order valence-electron chi connectivity index (χ1n) is 6.24. The summed E-state index contributed by atoms with van der Waals surface area (Å²) < 4.78 is 10.7. The highest BCUT2D eigenvalue weighted by Gasteiger charge is 2.52. The molecule has 3 rings (SSSR count). The van der Waals surface area contributed by atoms with Crippen molar-refractivity contribution in [2.45, 2.75) is 24.5 Å². The highest BCUT2D eigenvalue weighted by Crippen LogP contribution is 2.47. The van der Waals surface area contributed by atoms with Gasteiger partial charge in [0.1, 0.15) is 11.7 Å². The molecular formula is C15H14O4. The fraction of sp³-hybridized carbons (Fsp3) is 0.333. The molecule has 0 spiro atoms. The van der Waals surface area contributed by atoms with E-state index in [9.17, 15) is 9.59 Å². The van der Waals surface area contributed by atoms with E-state index in [0.717, 1.165) is 5.56 Å². The molecule has 2 bridgehead atoms. The zero-order valence-corrected chi connectivity index (χ0v) is 10.6. The summed E-state index contributed by atoms with van der Waals surface area (Å²) >= 11 is 0. The van der Waals surface area contributed by atoms with Gasteiger partial charge in [-0.1, -0.05) is 30.3 Å². The van der Waals surface area contributed by atoms with Crippen molar-refractivity contribution in [3.05, 3.63) is 47.5 Å². The molecule has 19 heavy (non-hydrogen) atoms. The van der Waals surface area contributed by atoms with E-state index in [2.05, 4.69) is 0 Å². The van der Waals surface area contributed by atoms with Gasteiger partial charge in [0.2, 0.25) is 0 Å². The molecule has 1 saturated heterocycles. The third-order valence-corrected chi connectivity index (χ3v) is 3.77. The minimum atomic E-state index is -0.826. The minimum absolute atomic E-state index is 0.0189. The van der Waals surface area contributed by atoms with Crippen molar-refractivity contribution >= 4 is 11.8 Å². The van der Waals surface area contributed by atoms with Crippen LogP contribution in [0.3, 0.4) is 0 Å². The number of esters is 1. The van der Waals surface area contributed by atoms with Crippen molar-refractivity contribution in [1.82, 2.24) is 0 Å². The maximum Gasteiger partial charge on any atom is 0.336 e. The van der Waals surface area contributed by atoms with Gasteiger partial charge < -0.3 is 9.47 Å². The number of benzene rings is 1. The van der Waals surface area contributed by atoms with Gasteiger partial charge >= 0.3 is 5.97 Å². The maximum absolute atomic E-state index is 12.0. The van der Waals surface area contributed by atoms with Gasteiger partial charge in [0.05, 0.1) is 12.7 Å². The molecule has 1 aromatic carbocycles. The monoisotopic (exact) mass is 258 g/mol. The summed E-state index contributed by atoms with van der Waals surface area (Å²) in [6.07, 6.45) is 1.88. The molecule has 0 aliphatic carbocycles. The number of carbonyl (C=O) groups excluding carboxylic acids is 2. The molecular weight excluding hydrogens is 244 g/mol. The third-order valence-electron chi connectivity index (χ3n) is 3.77. The van der Waals surface area contributed by atoms with Crippen LogP contribution in [0.4, 0.5) is 0 Å². The molecule has 1 fully saturated rings. The van der Waals surface area contributed by atoms with E-state index in [4.69, 9.17) is 9.47 Å². The summed E-state index contributed by atoms with van der Waals surface area (Å²) in [6.45, 7) is 0. The Morgan fingerprint density at radius 1 is 1.37 bits per heavy atom. The van der Waals surface area contributed by atoms with E-state index >= 15 is 0 Å². The number of carbonyl (C=O) groups is 2. The van der Waals surface area contributed by atoms with Gasteiger partial charge in [-0.05, 0) is 18.1 Å². The number of hydrogen-bond donors (Lipinski definition) is 0. The molecule has 1 aromatic rings. The van der Waals surface area contributed by atoms with Crippen molar-refractivity contribution in [1.29, 1.82) is 0 Å². The average Bonchev–Trinajstić information content (AvgIpc) is 2.80. The van der Waals surface area contributed by atoms with Crippen molar-refractivity contribution in [3.63, 3.8) is 0 Å². The molecule has 2 aliphatic rings. The van der Waals surface area contributed by atoms with E-state index in [1.165, 1.54) is 7.11 Å². The second-order valence-corrected chi connectivity index (χ2v) is 4.77. The standard InChI is InChI=1S/C15H14O4/c1-18-14(17)11-9-13-12(16)7-8-15(11,19-13)10-5-3-2-4-6-10/h2-6,9,13H,7-8H2,1H3. The number of methoxy groups -OCH3 is 1. The Hall–Kier alpha value is -1.94. The molecule has 4 nitrogen and oxygen atoms in total. The predicted molar refractivity (Wildman–Crippen MR) is 67.3 cm³/mol. The number of ether oxygens (including phenoxy) is 2. The number of fused-ring (bicyclic) bond motifs is 2. The molecule has 0 radical (unpaired) electrons. The van der Waals surface area contributed by atoms with Gasteiger partial charge in [0.25, 0.3) is 0 Å². The van der Waals surface area contributed by atoms with Gasteiger partial charge in [-0.15, -0.1) is 0 Å². The van der Waals surface area contributed by atoms with E-state index in [0.29, 0.717) is 18.4 Å². The highest BCUT2D eigenvalue weighted by molar-refractivity contribution is 5.97. The van der Waals surface area contributed by atoms with E-state index in [1.54, 1.807) is 6.08 Å². The normalized spacial score (nSPS) is 29.0. The van der Waals surface area contributed by atoms with Crippen LogP contribution in [-0.4, -0.2) is 25.0 Å². The van der Waals surface area contributed by atoms with Crippen LogP contribution in [0.1, 0.15) is 18.4 Å². The van der Waals surface area contributed by atoms with Crippen LogP contribution in [0.5, 0.6) is 0 Å². The van der Waals surface area contributed by atoms with Gasteiger partial charge in [0.15, 0.2) is 5.78 Å². The predicted octanol–water partition coefficient (Wildman–Crippen LogP) is 1.74. The lowest BCUT2D eigenvalue weighted by Crippen LogP contribution is -2.39. The number of rotatable bonds is 2. The first-order chi connectivity index (χ1) is 9.17. The molecule has 2 aliphatic heterocycles. The average molecular weight is 258 g/mol. The van der Waals surface area contributed by atoms with Crippen molar-refractivity contribution in [2.75, 3.05) is 7.11 Å². The van der Waals surface area contributed by atoms with Crippen LogP contribution in [0.25, 0.3) is 0 Å². The van der Waals surface area contributed by atoms with Crippen molar-refractivity contribution in [3.8, 4) is 0 Å². The van der Waals surface area contributed by atoms with Crippen molar-refractivity contribution in [2.24, 2.45) is 0 Å². The Kier molecular flexibility index (Phi) is 2.75. The molecule has 2 unspecified atom stereocenters. The van der Waals surface area contributed by atoms with Crippen molar-refractivity contribution < 1.29 is 19.1 Å². The smallest absolute Gasteiger partial charge is 0.336 e. The fourth-order valence-electron chi connectivity index (χ4n) is 2.81. The first-order valence-corrected chi connectivity index (χ1v) is 6.24. The lowest BCUT2D eigenvalue weighted by molar-refractivity contribution is -0.150. The lowest BCUT2D eigenvalue weighted by atomic mass is 9.82. The summed E-state index contributed by atoms with van der Waals surface area (Å²) in [5, 5.41) is 0. The van der Waals surface area contributed by atoms with Crippen LogP contribution in [-0.2, 0) is 24.7 Å². The fourth-order valence-corrected chi connectivity index (χ4v) is 2.81. The van der Waals surface area contributed by atoms with Crippen LogP contribution in [0, 0.1) is 0 Å². The lowest BCUT2D eigenvalue weighted by Gasteiger charge is -2.35. The largest absolute Gasteiger partial charge is 0.466 e. The Labute approximate surface area is 111 Å². The van der Waals surface area contributed by atoms with Crippen LogP contribution in [0.15, 0.2) is 42.0 Å². The summed E-state index contributed by atoms with van der Waals surface area (Å²) in [5.41, 5.74) is 0.506. The second-order valence-electron chi connectivity index (χ2n) is 4.77. The molecule has 2 heterocycles. The Balaban J connectivity index is 2.11. The highest BCUT2D eigenvalue weighted by atomic mass is 16.5. The summed E-state index contributed by atoms with van der Waals surface area (Å²) in [4.78, 5) is 23.7. The topological polar surface area (TPSA) is 52.6 Å². The molecule has 2 atom stereocenters. The zero-order valence-electron chi connectivity index (χ0n) is 10.6. The van der Waals surface area contributed by atoms with E-state index in [-0.39, 0.29) is 5.78 Å². The Morgan fingerprint density at radius 2 is 2.11 bits per heavy atom. The molecule has 0 amide bonds. The maximum atomic E-state index is 12.0. The SMILES string of the molecule is COC(=O)C1=CC2OC1(c1ccccc1)CCC2=O. The number of ketones is 1. The molecule has 4 heteroatoms. The number of hydrogen-bond acceptors (Lipinski definition) is 4. The minimum Gasteiger partial charge on any atom is -0.466 e. The van der Waals surface area contributed by atoms with Gasteiger partial charge in [-0.3, -0.25) is 4.79 Å². The van der Waals surface area contributed by atoms with Gasteiger partial charge in [-0.2, -0.15) is 0 Å².